The Morgan fingerprint density at radius 1 is 1.10 bits per heavy atom. The summed E-state index contributed by atoms with van der Waals surface area (Å²) in [6.07, 6.45) is 1.60. The van der Waals surface area contributed by atoms with Crippen molar-refractivity contribution < 1.29 is 14.2 Å². The van der Waals surface area contributed by atoms with Gasteiger partial charge in [-0.1, -0.05) is 0 Å². The van der Waals surface area contributed by atoms with Crippen LogP contribution in [0, 0.1) is 13.8 Å². The summed E-state index contributed by atoms with van der Waals surface area (Å²) in [6.45, 7) is 6.98. The molecule has 0 aliphatic heterocycles. The Morgan fingerprint density at radius 2 is 1.71 bits per heavy atom. The minimum absolute atomic E-state index is 0. The molecule has 0 amide bonds. The van der Waals surface area contributed by atoms with Gasteiger partial charge >= 0.3 is 0 Å². The summed E-state index contributed by atoms with van der Waals surface area (Å²) in [6, 6.07) is 3.94. The molecule has 0 aliphatic carbocycles. The van der Waals surface area contributed by atoms with Gasteiger partial charge in [0.05, 0.1) is 27.0 Å². The van der Waals surface area contributed by atoms with Gasteiger partial charge in [0.1, 0.15) is 17.2 Å². The van der Waals surface area contributed by atoms with E-state index in [1.165, 1.54) is 11.3 Å². The molecule has 0 fully saturated rings. The first-order chi connectivity index (χ1) is 14.3. The Kier molecular flexibility index (Phi) is 10.9. The highest BCUT2D eigenvalue weighted by Crippen LogP contribution is 2.34. The predicted molar refractivity (Wildman–Crippen MR) is 136 cm³/mol. The first-order valence-corrected chi connectivity index (χ1v) is 10.1. The molecule has 8 nitrogen and oxygen atoms in total. The van der Waals surface area contributed by atoms with Crippen molar-refractivity contribution in [2.24, 2.45) is 12.0 Å². The molecule has 9 heteroatoms. The average molecular weight is 545 g/mol. The van der Waals surface area contributed by atoms with E-state index in [1.807, 2.05) is 23.9 Å². The molecule has 0 spiro atoms. The minimum atomic E-state index is 0. The summed E-state index contributed by atoms with van der Waals surface area (Å²) in [5, 5.41) is 11.3. The first-order valence-electron chi connectivity index (χ1n) is 10.1. The summed E-state index contributed by atoms with van der Waals surface area (Å²) in [7, 11) is 8.68. The van der Waals surface area contributed by atoms with Gasteiger partial charge in [0.2, 0.25) is 0 Å². The van der Waals surface area contributed by atoms with Crippen molar-refractivity contribution in [3.8, 4) is 17.2 Å². The van der Waals surface area contributed by atoms with Crippen LogP contribution in [-0.2, 0) is 19.9 Å². The van der Waals surface area contributed by atoms with Gasteiger partial charge in [0.15, 0.2) is 5.96 Å². The Labute approximate surface area is 202 Å². The van der Waals surface area contributed by atoms with Crippen LogP contribution in [0.4, 0.5) is 0 Å². The smallest absolute Gasteiger partial charge is 0.191 e. The SMILES string of the molecule is CN=C(NCCc1c(OC)cc(OC)cc1OC)NC(C)Cc1c(C)nn(C)c1C.I. The summed E-state index contributed by atoms with van der Waals surface area (Å²) < 4.78 is 18.3. The Morgan fingerprint density at radius 3 is 2.16 bits per heavy atom. The lowest BCUT2D eigenvalue weighted by atomic mass is 10.1. The number of guanidine groups is 1. The van der Waals surface area contributed by atoms with Crippen molar-refractivity contribution >= 4 is 29.9 Å². The van der Waals surface area contributed by atoms with Crippen molar-refractivity contribution in [2.45, 2.75) is 39.7 Å². The van der Waals surface area contributed by atoms with Crippen LogP contribution in [0.3, 0.4) is 0 Å². The van der Waals surface area contributed by atoms with E-state index in [2.05, 4.69) is 41.5 Å². The van der Waals surface area contributed by atoms with Crippen LogP contribution in [0.25, 0.3) is 0 Å². The fourth-order valence-electron chi connectivity index (χ4n) is 3.53. The lowest BCUT2D eigenvalue weighted by Crippen LogP contribution is -2.43. The highest BCUT2D eigenvalue weighted by molar-refractivity contribution is 14.0. The maximum Gasteiger partial charge on any atom is 0.191 e. The van der Waals surface area contributed by atoms with Crippen LogP contribution >= 0.6 is 24.0 Å². The molecule has 174 valence electrons. The van der Waals surface area contributed by atoms with E-state index in [-0.39, 0.29) is 30.0 Å². The molecule has 0 saturated heterocycles. The van der Waals surface area contributed by atoms with Gasteiger partial charge < -0.3 is 24.8 Å². The zero-order valence-corrected chi connectivity index (χ0v) is 22.2. The standard InChI is InChI=1S/C22H35N5O3.HI/c1-14(11-19-15(2)26-27(5)16(19)3)25-22(23-4)24-10-9-18-20(29-7)12-17(28-6)13-21(18)30-8;/h12-14H,9-11H2,1-8H3,(H2,23,24,25);1H. The molecule has 1 aromatic heterocycles. The van der Waals surface area contributed by atoms with Crippen molar-refractivity contribution in [3.63, 3.8) is 0 Å². The van der Waals surface area contributed by atoms with Gasteiger partial charge in [-0.3, -0.25) is 9.67 Å². The molecule has 0 saturated carbocycles. The van der Waals surface area contributed by atoms with E-state index < -0.39 is 0 Å². The summed E-state index contributed by atoms with van der Waals surface area (Å²) in [5.74, 6) is 2.94. The molecule has 1 atom stereocenters. The number of nitrogens with one attached hydrogen (secondary N) is 2. The lowest BCUT2D eigenvalue weighted by Gasteiger charge is -2.19. The molecule has 2 N–H and O–H groups in total. The topological polar surface area (TPSA) is 81.9 Å². The first kappa shape index (κ1) is 26.9. The maximum atomic E-state index is 5.53. The van der Waals surface area contributed by atoms with Crippen LogP contribution < -0.4 is 24.8 Å². The van der Waals surface area contributed by atoms with Gasteiger partial charge in [-0.2, -0.15) is 5.10 Å². The molecule has 1 heterocycles. The fourth-order valence-corrected chi connectivity index (χ4v) is 3.53. The quantitative estimate of drug-likeness (QED) is 0.287. The predicted octanol–water partition coefficient (Wildman–Crippen LogP) is 3.02. The van der Waals surface area contributed by atoms with E-state index >= 15 is 0 Å². The second kappa shape index (κ2) is 12.6. The van der Waals surface area contributed by atoms with Crippen LogP contribution in [0.1, 0.15) is 29.4 Å². The Balaban J connectivity index is 0.00000480. The van der Waals surface area contributed by atoms with E-state index in [9.17, 15) is 0 Å². The number of halogens is 1. The zero-order valence-electron chi connectivity index (χ0n) is 19.8. The Bertz CT molecular complexity index is 857. The van der Waals surface area contributed by atoms with Crippen molar-refractivity contribution in [1.82, 2.24) is 20.4 Å². The van der Waals surface area contributed by atoms with Crippen molar-refractivity contribution in [1.29, 1.82) is 0 Å². The van der Waals surface area contributed by atoms with Crippen LogP contribution in [0.15, 0.2) is 17.1 Å². The molecule has 0 aliphatic rings. The van der Waals surface area contributed by atoms with E-state index in [4.69, 9.17) is 14.2 Å². The second-order valence-electron chi connectivity index (χ2n) is 7.28. The third-order valence-corrected chi connectivity index (χ3v) is 5.26. The van der Waals surface area contributed by atoms with Crippen LogP contribution in [0.2, 0.25) is 0 Å². The number of rotatable bonds is 9. The number of aromatic nitrogens is 2. The van der Waals surface area contributed by atoms with Crippen molar-refractivity contribution in [2.75, 3.05) is 34.9 Å². The number of aryl methyl sites for hydroxylation is 2. The van der Waals surface area contributed by atoms with Crippen LogP contribution in [0.5, 0.6) is 17.2 Å². The number of ether oxygens (including phenoxy) is 3. The fraction of sp³-hybridized carbons (Fsp3) is 0.545. The van der Waals surface area contributed by atoms with Gasteiger partial charge in [-0.15, -0.1) is 24.0 Å². The number of hydrogen-bond donors (Lipinski definition) is 2. The number of nitrogens with zero attached hydrogens (tertiary/aromatic N) is 3. The third-order valence-electron chi connectivity index (χ3n) is 5.26. The summed E-state index contributed by atoms with van der Waals surface area (Å²) in [4.78, 5) is 4.35. The number of aliphatic imine (C=N–C) groups is 1. The molecular weight excluding hydrogens is 509 g/mol. The summed E-state index contributed by atoms with van der Waals surface area (Å²) >= 11 is 0. The maximum absolute atomic E-state index is 5.53. The highest BCUT2D eigenvalue weighted by Gasteiger charge is 2.15. The van der Waals surface area contributed by atoms with Crippen molar-refractivity contribution in [3.05, 3.63) is 34.6 Å². The van der Waals surface area contributed by atoms with Crippen LogP contribution in [-0.4, -0.2) is 56.7 Å². The molecule has 1 aromatic carbocycles. The van der Waals surface area contributed by atoms with E-state index in [0.29, 0.717) is 18.7 Å². The highest BCUT2D eigenvalue weighted by atomic mass is 127. The minimum Gasteiger partial charge on any atom is -0.496 e. The average Bonchev–Trinajstić information content (AvgIpc) is 2.98. The molecule has 1 unspecified atom stereocenters. The molecular formula is C22H36IN5O3. The third kappa shape index (κ3) is 6.91. The molecule has 0 bridgehead atoms. The van der Waals surface area contributed by atoms with Gasteiger partial charge in [-0.25, -0.2) is 0 Å². The Hall–Kier alpha value is -2.17. The second-order valence-corrected chi connectivity index (χ2v) is 7.28. The van der Waals surface area contributed by atoms with Gasteiger partial charge in [-0.05, 0) is 39.2 Å². The number of methoxy groups -OCH3 is 3. The van der Waals surface area contributed by atoms with E-state index in [1.54, 1.807) is 28.4 Å². The molecule has 2 rings (SSSR count). The monoisotopic (exact) mass is 545 g/mol. The zero-order chi connectivity index (χ0) is 22.3. The largest absolute Gasteiger partial charge is 0.496 e. The molecule has 2 aromatic rings. The van der Waals surface area contributed by atoms with E-state index in [0.717, 1.165) is 35.1 Å². The normalized spacial score (nSPS) is 12.1. The van der Waals surface area contributed by atoms with Gasteiger partial charge in [0.25, 0.3) is 0 Å². The molecule has 0 radical (unpaired) electrons. The van der Waals surface area contributed by atoms with Gasteiger partial charge in [0, 0.05) is 50.1 Å². The lowest BCUT2D eigenvalue weighted by molar-refractivity contribution is 0.368. The summed E-state index contributed by atoms with van der Waals surface area (Å²) in [5.41, 5.74) is 4.53. The number of hydrogen-bond acceptors (Lipinski definition) is 5. The molecule has 31 heavy (non-hydrogen) atoms. The number of benzene rings is 1.